The maximum atomic E-state index is 6.34. The number of rotatable bonds is 9. The second-order valence-corrected chi connectivity index (χ2v) is 19.9. The minimum absolute atomic E-state index is 0.0549. The molecule has 0 atom stereocenters. The summed E-state index contributed by atoms with van der Waals surface area (Å²) in [6, 6.07) is 27.0. The van der Waals surface area contributed by atoms with E-state index in [2.05, 4.69) is 186 Å². The molecule has 0 bridgehead atoms. The van der Waals surface area contributed by atoms with Crippen molar-refractivity contribution >= 4 is 29.7 Å². The highest BCUT2D eigenvalue weighted by atomic mass is 16.7. The quantitative estimate of drug-likeness (QED) is 0.159. The average molecular weight is 806 g/mol. The number of para-hydroxylation sites is 2. The average Bonchev–Trinajstić information content (AvgIpc) is 3.68. The van der Waals surface area contributed by atoms with Gasteiger partial charge in [0.2, 0.25) is 5.71 Å². The van der Waals surface area contributed by atoms with Crippen molar-refractivity contribution in [2.45, 2.75) is 130 Å². The predicted octanol–water partition coefficient (Wildman–Crippen LogP) is 10.5. The minimum atomic E-state index is -0.340. The fourth-order valence-corrected chi connectivity index (χ4v) is 10.4. The van der Waals surface area contributed by atoms with Gasteiger partial charge in [0.1, 0.15) is 0 Å². The van der Waals surface area contributed by atoms with E-state index in [1.807, 2.05) is 0 Å². The monoisotopic (exact) mass is 806 g/mol. The molecule has 316 valence electrons. The van der Waals surface area contributed by atoms with Crippen LogP contribution in [0, 0.1) is 0 Å². The number of piperazine rings is 1. The highest BCUT2D eigenvalue weighted by molar-refractivity contribution is 6.62. The molecule has 3 fully saturated rings. The second-order valence-electron chi connectivity index (χ2n) is 19.9. The van der Waals surface area contributed by atoms with E-state index < -0.39 is 0 Å². The molecule has 4 aliphatic heterocycles. The van der Waals surface area contributed by atoms with Crippen LogP contribution in [0.5, 0.6) is 0 Å². The van der Waals surface area contributed by atoms with Crippen molar-refractivity contribution in [2.75, 3.05) is 49.1 Å². The number of hydrogen-bond acceptors (Lipinski definition) is 5. The van der Waals surface area contributed by atoms with Crippen LogP contribution >= 0.6 is 0 Å². The Balaban J connectivity index is 1.10. The van der Waals surface area contributed by atoms with Gasteiger partial charge in [0.25, 0.3) is 0 Å². The lowest BCUT2D eigenvalue weighted by Crippen LogP contribution is -2.44. The summed E-state index contributed by atoms with van der Waals surface area (Å²) in [5.74, 6) is 0. The van der Waals surface area contributed by atoms with Crippen LogP contribution in [0.3, 0.4) is 0 Å². The van der Waals surface area contributed by atoms with Crippen LogP contribution in [0.1, 0.15) is 118 Å². The van der Waals surface area contributed by atoms with Crippen molar-refractivity contribution in [3.63, 3.8) is 0 Å². The van der Waals surface area contributed by atoms with Gasteiger partial charge in [-0.1, -0.05) is 114 Å². The summed E-state index contributed by atoms with van der Waals surface area (Å²) in [5.41, 5.74) is 14.5. The van der Waals surface area contributed by atoms with E-state index in [4.69, 9.17) is 9.31 Å². The second kappa shape index (κ2) is 16.6. The topological polar surface area (TPSA) is 31.2 Å². The van der Waals surface area contributed by atoms with Crippen molar-refractivity contribution in [3.8, 4) is 0 Å². The highest BCUT2D eigenvalue weighted by Gasteiger charge is 2.51. The van der Waals surface area contributed by atoms with Crippen molar-refractivity contribution in [1.29, 1.82) is 0 Å². The Morgan fingerprint density at radius 2 is 1.08 bits per heavy atom. The maximum Gasteiger partial charge on any atom is 0.494 e. The van der Waals surface area contributed by atoms with E-state index in [0.29, 0.717) is 0 Å². The van der Waals surface area contributed by atoms with Crippen molar-refractivity contribution in [1.82, 2.24) is 4.90 Å². The largest absolute Gasteiger partial charge is 0.494 e. The summed E-state index contributed by atoms with van der Waals surface area (Å²) >= 11 is 0. The van der Waals surface area contributed by atoms with Gasteiger partial charge in [0.15, 0.2) is 13.1 Å². The Bertz CT molecular complexity index is 2110. The van der Waals surface area contributed by atoms with Gasteiger partial charge in [-0.05, 0) is 106 Å². The van der Waals surface area contributed by atoms with Gasteiger partial charge in [-0.2, -0.15) is 0 Å². The number of nitrogens with zero attached hydrogens (tertiary/aromatic N) is 4. The minimum Gasteiger partial charge on any atom is -0.399 e. The number of anilines is 2. The van der Waals surface area contributed by atoms with Crippen LogP contribution < -0.4 is 15.3 Å². The fraction of sp³-hybridized carbons (Fsp3) is 0.491. The molecule has 2 saturated heterocycles. The lowest BCUT2D eigenvalue weighted by molar-refractivity contribution is -0.539. The zero-order valence-corrected chi connectivity index (χ0v) is 38.4. The molecule has 0 N–H and O–H groups in total. The van der Waals surface area contributed by atoms with Gasteiger partial charge in [0, 0.05) is 64.4 Å². The van der Waals surface area contributed by atoms with Crippen LogP contribution in [0.25, 0.3) is 0 Å². The molecule has 5 aliphatic rings. The SMILES string of the molecule is CCCN1C(=CC=C2CCC/C(=C\C=C3N(CCC)c4ccccc4C3(C)C)C2=[N+]2CCN(Cc3ccc(B4OC(C)(C)C(C)(C)O4)cc3)CC2)C(C)(C)c2ccccc21. The fourth-order valence-electron chi connectivity index (χ4n) is 10.4. The molecular formula is C53H70BN4O2+. The third kappa shape index (κ3) is 7.80. The first-order valence-electron chi connectivity index (χ1n) is 23.0. The molecule has 4 heterocycles. The lowest BCUT2D eigenvalue weighted by Gasteiger charge is -2.32. The summed E-state index contributed by atoms with van der Waals surface area (Å²) in [6.45, 7) is 29.8. The van der Waals surface area contributed by atoms with Crippen LogP contribution in [-0.4, -0.2) is 72.8 Å². The number of hydrogen-bond donors (Lipinski definition) is 0. The van der Waals surface area contributed by atoms with Crippen LogP contribution in [0.4, 0.5) is 11.4 Å². The zero-order valence-electron chi connectivity index (χ0n) is 38.4. The van der Waals surface area contributed by atoms with E-state index in [-0.39, 0.29) is 29.2 Å². The number of allylic oxidation sites excluding steroid dienone is 8. The van der Waals surface area contributed by atoms with Gasteiger partial charge in [0.05, 0.1) is 24.3 Å². The Kier molecular flexibility index (Phi) is 11.8. The Labute approximate surface area is 362 Å². The molecule has 0 unspecified atom stereocenters. The standard InChI is InChI=1S/C53H70BN4O2/c1-11-32-57-45-22-15-13-20-43(45)50(3,4)47(57)30-26-40-18-17-19-41(27-31-48-51(5,6)44-21-14-16-23-46(44)58(48)33-12-2)49(40)56-36-34-55(35-37-56)38-39-24-28-42(29-25-39)54-59-52(7,8)53(9,10)60-54/h13-16,20-31H,11-12,17-19,32-38H2,1-10H3/q+1. The first-order chi connectivity index (χ1) is 28.7. The molecule has 3 aromatic rings. The molecule has 7 heteroatoms. The van der Waals surface area contributed by atoms with Gasteiger partial charge >= 0.3 is 7.12 Å². The maximum absolute atomic E-state index is 6.34. The van der Waals surface area contributed by atoms with Crippen LogP contribution in [-0.2, 0) is 26.7 Å². The molecule has 0 radical (unpaired) electrons. The number of fused-ring (bicyclic) bond motifs is 2. The van der Waals surface area contributed by atoms with Crippen LogP contribution in [0.15, 0.2) is 120 Å². The Morgan fingerprint density at radius 3 is 1.55 bits per heavy atom. The van der Waals surface area contributed by atoms with Gasteiger partial charge in [-0.25, -0.2) is 4.58 Å². The third-order valence-corrected chi connectivity index (χ3v) is 14.5. The van der Waals surface area contributed by atoms with E-state index in [0.717, 1.165) is 77.0 Å². The van der Waals surface area contributed by atoms with E-state index in [1.165, 1.54) is 62.7 Å². The molecule has 0 amide bonds. The van der Waals surface area contributed by atoms with Gasteiger partial charge in [-0.15, -0.1) is 0 Å². The Hall–Kier alpha value is -4.17. The molecular weight excluding hydrogens is 735 g/mol. The van der Waals surface area contributed by atoms with Crippen molar-refractivity contribution in [2.24, 2.45) is 0 Å². The highest BCUT2D eigenvalue weighted by Crippen LogP contribution is 2.49. The molecule has 60 heavy (non-hydrogen) atoms. The summed E-state index contributed by atoms with van der Waals surface area (Å²) in [6.07, 6.45) is 15.6. The van der Waals surface area contributed by atoms with Crippen molar-refractivity contribution < 1.29 is 13.9 Å². The molecule has 8 rings (SSSR count). The zero-order chi connectivity index (χ0) is 42.5. The summed E-state index contributed by atoms with van der Waals surface area (Å²) < 4.78 is 15.4. The molecule has 0 spiro atoms. The molecule has 3 aromatic carbocycles. The van der Waals surface area contributed by atoms with E-state index in [9.17, 15) is 0 Å². The predicted molar refractivity (Wildman–Crippen MR) is 253 cm³/mol. The number of benzene rings is 3. The Morgan fingerprint density at radius 1 is 0.617 bits per heavy atom. The normalized spacial score (nSPS) is 24.7. The summed E-state index contributed by atoms with van der Waals surface area (Å²) in [4.78, 5) is 7.79. The van der Waals surface area contributed by atoms with Gasteiger partial charge < -0.3 is 19.1 Å². The molecule has 6 nitrogen and oxygen atoms in total. The first-order valence-corrected chi connectivity index (χ1v) is 23.0. The summed E-state index contributed by atoms with van der Waals surface area (Å²) in [7, 11) is -0.328. The van der Waals surface area contributed by atoms with E-state index in [1.54, 1.807) is 0 Å². The smallest absolute Gasteiger partial charge is 0.399 e. The molecule has 1 aliphatic carbocycles. The molecule has 0 aromatic heterocycles. The van der Waals surface area contributed by atoms with Gasteiger partial charge in [-0.3, -0.25) is 4.90 Å². The van der Waals surface area contributed by atoms with Crippen LogP contribution in [0.2, 0.25) is 0 Å². The first kappa shape index (κ1) is 42.5. The third-order valence-electron chi connectivity index (χ3n) is 14.5. The van der Waals surface area contributed by atoms with Crippen molar-refractivity contribution in [3.05, 3.63) is 136 Å². The lowest BCUT2D eigenvalue weighted by atomic mass is 9.79. The summed E-state index contributed by atoms with van der Waals surface area (Å²) in [5, 5.41) is 0. The van der Waals surface area contributed by atoms with E-state index >= 15 is 0 Å². The molecule has 1 saturated carbocycles.